The van der Waals surface area contributed by atoms with E-state index in [1.165, 1.54) is 12.8 Å². The number of carboxylic acids is 1. The van der Waals surface area contributed by atoms with Gasteiger partial charge in [0.25, 0.3) is 0 Å². The topological polar surface area (TPSA) is 55.8 Å². The van der Waals surface area contributed by atoms with E-state index in [9.17, 15) is 4.79 Å². The van der Waals surface area contributed by atoms with E-state index in [4.69, 9.17) is 14.6 Å². The predicted molar refractivity (Wildman–Crippen MR) is 78.8 cm³/mol. The Bertz CT molecular complexity index is 288. The van der Waals surface area contributed by atoms with Crippen LogP contribution in [0.1, 0.15) is 45.4 Å². The number of carbonyl (C=O) groups is 1. The molecule has 116 valence electrons. The number of carboxylic acid groups (broad SMARTS) is 1. The molecular weight excluding hydrogens is 256 g/mol. The third kappa shape index (κ3) is 7.65. The first-order valence-corrected chi connectivity index (χ1v) is 7.72. The molecule has 1 N–H and O–H groups in total. The Morgan fingerprint density at radius 3 is 2.75 bits per heavy atom. The van der Waals surface area contributed by atoms with Crippen LogP contribution in [0.15, 0.2) is 12.2 Å². The summed E-state index contributed by atoms with van der Waals surface area (Å²) >= 11 is 0. The number of aliphatic carboxylic acids is 1. The lowest BCUT2D eigenvalue weighted by molar-refractivity contribution is -0.137. The van der Waals surface area contributed by atoms with E-state index in [2.05, 4.69) is 0 Å². The van der Waals surface area contributed by atoms with Crippen molar-refractivity contribution in [3.05, 3.63) is 12.2 Å². The molecule has 1 fully saturated rings. The van der Waals surface area contributed by atoms with E-state index in [0.717, 1.165) is 39.1 Å². The second-order valence-electron chi connectivity index (χ2n) is 5.51. The lowest BCUT2D eigenvalue weighted by Gasteiger charge is -2.17. The lowest BCUT2D eigenvalue weighted by atomic mass is 9.91. The largest absolute Gasteiger partial charge is 0.481 e. The third-order valence-electron chi connectivity index (χ3n) is 3.83. The Morgan fingerprint density at radius 2 is 2.00 bits per heavy atom. The van der Waals surface area contributed by atoms with Crippen molar-refractivity contribution in [1.29, 1.82) is 0 Å². The van der Waals surface area contributed by atoms with Gasteiger partial charge in [-0.25, -0.2) is 0 Å². The fraction of sp³-hybridized carbons (Fsp3) is 0.812. The summed E-state index contributed by atoms with van der Waals surface area (Å²) in [6, 6.07) is 0. The van der Waals surface area contributed by atoms with Gasteiger partial charge in [-0.15, -0.1) is 0 Å². The van der Waals surface area contributed by atoms with Crippen molar-refractivity contribution in [1.82, 2.24) is 0 Å². The van der Waals surface area contributed by atoms with Crippen LogP contribution in [0.5, 0.6) is 0 Å². The number of ether oxygens (including phenoxy) is 2. The Balaban J connectivity index is 2.04. The van der Waals surface area contributed by atoms with E-state index in [0.29, 0.717) is 24.9 Å². The predicted octanol–water partition coefficient (Wildman–Crippen LogP) is 3.27. The van der Waals surface area contributed by atoms with Gasteiger partial charge in [-0.2, -0.15) is 0 Å². The van der Waals surface area contributed by atoms with Gasteiger partial charge in [-0.3, -0.25) is 4.79 Å². The summed E-state index contributed by atoms with van der Waals surface area (Å²) in [5, 5.41) is 8.56. The van der Waals surface area contributed by atoms with Gasteiger partial charge in [0.1, 0.15) is 0 Å². The Morgan fingerprint density at radius 1 is 1.25 bits per heavy atom. The molecular formula is C16H28O4. The lowest BCUT2D eigenvalue weighted by Crippen LogP contribution is -2.18. The van der Waals surface area contributed by atoms with Crippen molar-refractivity contribution < 1.29 is 19.4 Å². The van der Waals surface area contributed by atoms with Gasteiger partial charge < -0.3 is 14.6 Å². The smallest absolute Gasteiger partial charge is 0.303 e. The second kappa shape index (κ2) is 10.9. The number of hydrogen-bond donors (Lipinski definition) is 1. The van der Waals surface area contributed by atoms with Gasteiger partial charge >= 0.3 is 5.97 Å². The average Bonchev–Trinajstić information content (AvgIpc) is 2.86. The molecule has 1 heterocycles. The van der Waals surface area contributed by atoms with Crippen molar-refractivity contribution in [3.63, 3.8) is 0 Å². The first-order chi connectivity index (χ1) is 9.74. The summed E-state index contributed by atoms with van der Waals surface area (Å²) in [6.45, 7) is 5.14. The zero-order chi connectivity index (χ0) is 14.6. The highest BCUT2D eigenvalue weighted by Crippen LogP contribution is 2.26. The number of unbranched alkanes of at least 4 members (excludes halogenated alkanes) is 3. The quantitative estimate of drug-likeness (QED) is 0.467. The van der Waals surface area contributed by atoms with Gasteiger partial charge in [-0.1, -0.05) is 31.4 Å². The SMILES string of the molecule is CC=CCOC[C@@H]1COC[C@@H]1CCCCCCC(=O)O. The minimum absolute atomic E-state index is 0.300. The molecule has 1 saturated heterocycles. The van der Waals surface area contributed by atoms with Crippen LogP contribution in [0, 0.1) is 11.8 Å². The minimum atomic E-state index is -0.687. The first-order valence-electron chi connectivity index (χ1n) is 7.72. The fourth-order valence-corrected chi connectivity index (χ4v) is 2.57. The van der Waals surface area contributed by atoms with E-state index in [-0.39, 0.29) is 0 Å². The minimum Gasteiger partial charge on any atom is -0.481 e. The molecule has 0 amide bonds. The van der Waals surface area contributed by atoms with Gasteiger partial charge in [0.2, 0.25) is 0 Å². The molecule has 4 heteroatoms. The molecule has 1 rings (SSSR count). The van der Waals surface area contributed by atoms with Gasteiger partial charge in [0, 0.05) is 18.9 Å². The molecule has 1 aliphatic heterocycles. The number of hydrogen-bond acceptors (Lipinski definition) is 3. The summed E-state index contributed by atoms with van der Waals surface area (Å²) in [5.41, 5.74) is 0. The van der Waals surface area contributed by atoms with Gasteiger partial charge in [0.15, 0.2) is 0 Å². The van der Waals surface area contributed by atoms with Crippen molar-refractivity contribution in [3.8, 4) is 0 Å². The first kappa shape index (κ1) is 17.2. The molecule has 0 aliphatic carbocycles. The molecule has 0 radical (unpaired) electrons. The van der Waals surface area contributed by atoms with Crippen molar-refractivity contribution in [2.75, 3.05) is 26.4 Å². The molecule has 0 aromatic rings. The maximum Gasteiger partial charge on any atom is 0.303 e. The van der Waals surface area contributed by atoms with E-state index in [1.807, 2.05) is 19.1 Å². The van der Waals surface area contributed by atoms with Crippen LogP contribution < -0.4 is 0 Å². The highest BCUT2D eigenvalue weighted by molar-refractivity contribution is 5.66. The van der Waals surface area contributed by atoms with Crippen molar-refractivity contribution in [2.45, 2.75) is 45.4 Å². The monoisotopic (exact) mass is 284 g/mol. The van der Waals surface area contributed by atoms with E-state index < -0.39 is 5.97 Å². The third-order valence-corrected chi connectivity index (χ3v) is 3.83. The molecule has 0 aromatic carbocycles. The maximum absolute atomic E-state index is 10.4. The maximum atomic E-state index is 10.4. The van der Waals surface area contributed by atoms with Crippen LogP contribution in [0.25, 0.3) is 0 Å². The van der Waals surface area contributed by atoms with E-state index in [1.54, 1.807) is 0 Å². The highest BCUT2D eigenvalue weighted by Gasteiger charge is 2.27. The second-order valence-corrected chi connectivity index (χ2v) is 5.51. The van der Waals surface area contributed by atoms with Gasteiger partial charge in [-0.05, 0) is 25.7 Å². The number of allylic oxidation sites excluding steroid dienone is 1. The summed E-state index contributed by atoms with van der Waals surface area (Å²) in [7, 11) is 0. The molecule has 0 unspecified atom stereocenters. The molecule has 1 aliphatic rings. The molecule has 0 spiro atoms. The molecule has 4 nitrogen and oxygen atoms in total. The van der Waals surface area contributed by atoms with Crippen LogP contribution in [-0.4, -0.2) is 37.5 Å². The zero-order valence-electron chi connectivity index (χ0n) is 12.6. The van der Waals surface area contributed by atoms with Crippen molar-refractivity contribution >= 4 is 5.97 Å². The summed E-state index contributed by atoms with van der Waals surface area (Å²) in [4.78, 5) is 10.4. The molecule has 0 aromatic heterocycles. The Kier molecular flexibility index (Phi) is 9.33. The summed E-state index contributed by atoms with van der Waals surface area (Å²) < 4.78 is 11.2. The van der Waals surface area contributed by atoms with Crippen LogP contribution in [0.3, 0.4) is 0 Å². The standard InChI is InChI=1S/C16H28O4/c1-2-3-10-19-12-15-13-20-11-14(15)8-6-4-5-7-9-16(17)18/h2-3,14-15H,4-13H2,1H3,(H,17,18)/t14-,15+/m0/s1. The van der Waals surface area contributed by atoms with Crippen molar-refractivity contribution in [2.24, 2.45) is 11.8 Å². The summed E-state index contributed by atoms with van der Waals surface area (Å²) in [5.74, 6) is 0.451. The molecule has 2 atom stereocenters. The van der Waals surface area contributed by atoms with Crippen LogP contribution in [0.2, 0.25) is 0 Å². The normalized spacial score (nSPS) is 22.6. The van der Waals surface area contributed by atoms with E-state index >= 15 is 0 Å². The van der Waals surface area contributed by atoms with Crippen LogP contribution in [0.4, 0.5) is 0 Å². The number of rotatable bonds is 11. The Hall–Kier alpha value is -0.870. The fourth-order valence-electron chi connectivity index (χ4n) is 2.57. The zero-order valence-corrected chi connectivity index (χ0v) is 12.6. The van der Waals surface area contributed by atoms with Crippen LogP contribution in [-0.2, 0) is 14.3 Å². The van der Waals surface area contributed by atoms with Crippen LogP contribution >= 0.6 is 0 Å². The average molecular weight is 284 g/mol. The summed E-state index contributed by atoms with van der Waals surface area (Å²) in [6.07, 6.45) is 9.59. The molecule has 0 bridgehead atoms. The molecule has 0 saturated carbocycles. The Labute approximate surface area is 122 Å². The van der Waals surface area contributed by atoms with Gasteiger partial charge in [0.05, 0.1) is 19.8 Å². The molecule has 20 heavy (non-hydrogen) atoms. The highest BCUT2D eigenvalue weighted by atomic mass is 16.5.